The normalized spacial score (nSPS) is 19.0. The van der Waals surface area contributed by atoms with E-state index in [1.165, 1.54) is 12.1 Å². The number of nitriles is 1. The number of nitrogens with one attached hydrogen (secondary N) is 1. The first-order valence-corrected chi connectivity index (χ1v) is 19.7. The van der Waals surface area contributed by atoms with Gasteiger partial charge in [-0.3, -0.25) is 23.9 Å². The standard InChI is InChI=1S/C42H43N3O12S/c1-23(2)29-10-12-30(13-11-29)34-20-36(31-14-16-32(17-15-31)45-58(50,51)33-18-8-24(3)9-19-33)44-41(35(34)21-43)57-42-40(55-28(7)49)39(54-27(6)48)38(53-26(5)47)37(56-42)22-52-25(4)46/h8-20,23,37-40,42,45H,22H2,1-7H3/t37-,38+,39+,40-,42+/m1/s1. The lowest BCUT2D eigenvalue weighted by atomic mass is 9.95. The molecule has 0 amide bonds. The molecule has 0 aliphatic carbocycles. The molecule has 304 valence electrons. The van der Waals surface area contributed by atoms with Crippen molar-refractivity contribution >= 4 is 39.6 Å². The third-order valence-corrected chi connectivity index (χ3v) is 10.3. The predicted octanol–water partition coefficient (Wildman–Crippen LogP) is 5.98. The minimum Gasteiger partial charge on any atom is -0.463 e. The Morgan fingerprint density at radius 3 is 1.91 bits per heavy atom. The van der Waals surface area contributed by atoms with E-state index in [4.69, 9.17) is 28.4 Å². The van der Waals surface area contributed by atoms with Gasteiger partial charge in [-0.2, -0.15) is 5.26 Å². The highest BCUT2D eigenvalue weighted by Crippen LogP contribution is 2.37. The summed E-state index contributed by atoms with van der Waals surface area (Å²) in [6, 6.07) is 24.2. The van der Waals surface area contributed by atoms with Crippen molar-refractivity contribution in [2.75, 3.05) is 11.3 Å². The number of aryl methyl sites for hydroxylation is 1. The maximum atomic E-state index is 13.1. The van der Waals surface area contributed by atoms with Crippen molar-refractivity contribution in [2.24, 2.45) is 0 Å². The Morgan fingerprint density at radius 2 is 1.36 bits per heavy atom. The lowest BCUT2D eigenvalue weighted by Crippen LogP contribution is -2.63. The number of anilines is 1. The van der Waals surface area contributed by atoms with Crippen molar-refractivity contribution in [3.63, 3.8) is 0 Å². The van der Waals surface area contributed by atoms with Gasteiger partial charge in [0.2, 0.25) is 18.3 Å². The van der Waals surface area contributed by atoms with Gasteiger partial charge in [0.05, 0.1) is 10.6 Å². The van der Waals surface area contributed by atoms with E-state index in [1.807, 2.05) is 45.0 Å². The van der Waals surface area contributed by atoms with Crippen molar-refractivity contribution in [3.8, 4) is 34.3 Å². The number of aromatic nitrogens is 1. The fourth-order valence-corrected chi connectivity index (χ4v) is 7.23. The van der Waals surface area contributed by atoms with Crippen LogP contribution in [0.4, 0.5) is 5.69 Å². The van der Waals surface area contributed by atoms with Gasteiger partial charge in [-0.15, -0.1) is 0 Å². The molecule has 4 aromatic rings. The van der Waals surface area contributed by atoms with Crippen LogP contribution in [0.15, 0.2) is 83.8 Å². The van der Waals surface area contributed by atoms with E-state index in [0.717, 1.165) is 38.8 Å². The van der Waals surface area contributed by atoms with Gasteiger partial charge in [-0.05, 0) is 54.3 Å². The van der Waals surface area contributed by atoms with E-state index in [2.05, 4.69) is 15.8 Å². The van der Waals surface area contributed by atoms with E-state index in [-0.39, 0.29) is 33.6 Å². The van der Waals surface area contributed by atoms with Crippen LogP contribution in [0, 0.1) is 18.3 Å². The fourth-order valence-electron chi connectivity index (χ4n) is 6.17. The second-order valence-electron chi connectivity index (χ2n) is 13.8. The van der Waals surface area contributed by atoms with Crippen molar-refractivity contribution in [1.82, 2.24) is 4.98 Å². The summed E-state index contributed by atoms with van der Waals surface area (Å²) in [6.45, 7) is 9.89. The summed E-state index contributed by atoms with van der Waals surface area (Å²) in [5, 5.41) is 10.6. The number of carbonyl (C=O) groups is 4. The molecule has 5 atom stereocenters. The van der Waals surface area contributed by atoms with Crippen LogP contribution < -0.4 is 9.46 Å². The topological polar surface area (TPSA) is 207 Å². The molecule has 2 heterocycles. The third kappa shape index (κ3) is 10.5. The number of pyridine rings is 1. The van der Waals surface area contributed by atoms with Crippen LogP contribution in [0.25, 0.3) is 22.4 Å². The summed E-state index contributed by atoms with van der Waals surface area (Å²) in [6.07, 6.45) is -7.55. The van der Waals surface area contributed by atoms with Crippen LogP contribution in [-0.2, 0) is 52.9 Å². The van der Waals surface area contributed by atoms with Crippen LogP contribution in [0.1, 0.15) is 64.2 Å². The first kappa shape index (κ1) is 42.8. The number of carbonyl (C=O) groups excluding carboxylic acids is 4. The average molecular weight is 814 g/mol. The number of rotatable bonds is 13. The molecule has 1 aliphatic heterocycles. The molecule has 0 spiro atoms. The highest BCUT2D eigenvalue weighted by Gasteiger charge is 2.53. The number of hydrogen-bond acceptors (Lipinski definition) is 14. The molecular weight excluding hydrogens is 771 g/mol. The summed E-state index contributed by atoms with van der Waals surface area (Å²) in [4.78, 5) is 53.8. The Hall–Kier alpha value is -6.31. The quantitative estimate of drug-likeness (QED) is 0.122. The molecule has 1 N–H and O–H groups in total. The van der Waals surface area contributed by atoms with Crippen molar-refractivity contribution in [2.45, 2.75) is 90.0 Å². The molecule has 5 rings (SSSR count). The van der Waals surface area contributed by atoms with Crippen LogP contribution >= 0.6 is 0 Å². The van der Waals surface area contributed by atoms with E-state index >= 15 is 0 Å². The number of sulfonamides is 1. The molecule has 0 saturated carbocycles. The Bertz CT molecular complexity index is 2310. The van der Waals surface area contributed by atoms with Crippen LogP contribution in [0.5, 0.6) is 5.88 Å². The zero-order valence-electron chi connectivity index (χ0n) is 32.9. The lowest BCUT2D eigenvalue weighted by Gasteiger charge is -2.43. The van der Waals surface area contributed by atoms with Crippen LogP contribution in [-0.4, -0.2) is 74.6 Å². The second kappa shape index (κ2) is 18.3. The molecular formula is C42H43N3O12S. The van der Waals surface area contributed by atoms with Gasteiger partial charge in [0, 0.05) is 44.5 Å². The van der Waals surface area contributed by atoms with Gasteiger partial charge in [-0.25, -0.2) is 13.4 Å². The zero-order valence-corrected chi connectivity index (χ0v) is 33.7. The molecule has 16 heteroatoms. The molecule has 1 aliphatic rings. The van der Waals surface area contributed by atoms with Gasteiger partial charge in [0.15, 0.2) is 12.2 Å². The number of esters is 4. The summed E-state index contributed by atoms with van der Waals surface area (Å²) in [5.74, 6) is -3.24. The molecule has 0 radical (unpaired) electrons. The Morgan fingerprint density at radius 1 is 0.793 bits per heavy atom. The second-order valence-corrected chi connectivity index (χ2v) is 15.5. The summed E-state index contributed by atoms with van der Waals surface area (Å²) in [5.41, 5.74) is 3.99. The van der Waals surface area contributed by atoms with E-state index in [0.29, 0.717) is 16.7 Å². The molecule has 58 heavy (non-hydrogen) atoms. The van der Waals surface area contributed by atoms with Crippen molar-refractivity contribution in [3.05, 3.63) is 95.6 Å². The van der Waals surface area contributed by atoms with Crippen molar-refractivity contribution < 1.29 is 56.0 Å². The minimum atomic E-state index is -3.90. The first-order chi connectivity index (χ1) is 27.4. The largest absolute Gasteiger partial charge is 0.463 e. The predicted molar refractivity (Wildman–Crippen MR) is 208 cm³/mol. The van der Waals surface area contributed by atoms with E-state index in [1.54, 1.807) is 42.5 Å². The van der Waals surface area contributed by atoms with E-state index in [9.17, 15) is 32.9 Å². The van der Waals surface area contributed by atoms with Crippen LogP contribution in [0.3, 0.4) is 0 Å². The van der Waals surface area contributed by atoms with Gasteiger partial charge >= 0.3 is 23.9 Å². The lowest BCUT2D eigenvalue weighted by molar-refractivity contribution is -0.289. The molecule has 3 aromatic carbocycles. The molecule has 1 fully saturated rings. The summed E-state index contributed by atoms with van der Waals surface area (Å²) >= 11 is 0. The molecule has 0 bridgehead atoms. The molecule has 1 saturated heterocycles. The Labute approximate surface area is 336 Å². The zero-order chi connectivity index (χ0) is 42.3. The number of ether oxygens (including phenoxy) is 6. The third-order valence-electron chi connectivity index (χ3n) is 8.93. The molecule has 15 nitrogen and oxygen atoms in total. The molecule has 1 aromatic heterocycles. The Kier molecular flexibility index (Phi) is 13.5. The number of hydrogen-bond donors (Lipinski definition) is 1. The van der Waals surface area contributed by atoms with Crippen molar-refractivity contribution in [1.29, 1.82) is 5.26 Å². The van der Waals surface area contributed by atoms with E-state index < -0.39 is 71.2 Å². The fraction of sp³-hybridized carbons (Fsp3) is 0.333. The SMILES string of the molecule is CC(=O)OC[C@H]1O[C@@H](Oc2nc(-c3ccc(NS(=O)(=O)c4ccc(C)cc4)cc3)cc(-c3ccc(C(C)C)cc3)c2C#N)[C@H](OC(C)=O)[C@@H](OC(C)=O)[C@H]1OC(C)=O. The smallest absolute Gasteiger partial charge is 0.303 e. The maximum absolute atomic E-state index is 13.1. The monoisotopic (exact) mass is 813 g/mol. The van der Waals surface area contributed by atoms with Crippen LogP contribution in [0.2, 0.25) is 0 Å². The number of benzene rings is 3. The van der Waals surface area contributed by atoms with Gasteiger partial charge < -0.3 is 28.4 Å². The van der Waals surface area contributed by atoms with Gasteiger partial charge in [0.25, 0.3) is 10.0 Å². The Balaban J connectivity index is 1.62. The average Bonchev–Trinajstić information content (AvgIpc) is 3.16. The number of nitrogens with zero attached hydrogens (tertiary/aromatic N) is 2. The maximum Gasteiger partial charge on any atom is 0.303 e. The first-order valence-electron chi connectivity index (χ1n) is 18.2. The highest BCUT2D eigenvalue weighted by molar-refractivity contribution is 7.92. The summed E-state index contributed by atoms with van der Waals surface area (Å²) in [7, 11) is -3.90. The van der Waals surface area contributed by atoms with Gasteiger partial charge in [-0.1, -0.05) is 67.9 Å². The highest BCUT2D eigenvalue weighted by atomic mass is 32.2. The molecule has 0 unspecified atom stereocenters. The minimum absolute atomic E-state index is 0.0450. The summed E-state index contributed by atoms with van der Waals surface area (Å²) < 4.78 is 63.0. The van der Waals surface area contributed by atoms with Gasteiger partial charge in [0.1, 0.15) is 24.3 Å².